The van der Waals surface area contributed by atoms with Crippen LogP contribution in [-0.2, 0) is 11.4 Å². The van der Waals surface area contributed by atoms with Gasteiger partial charge < -0.3 is 4.74 Å². The SMILES string of the molecule is Cc1ccc(N2C(=O)/C(=C\c3ccc(OCc4ccccc4)cc3)S[C@H]2c2ccc(Cl)cc2)cc1. The highest BCUT2D eigenvalue weighted by Gasteiger charge is 2.38. The van der Waals surface area contributed by atoms with Crippen LogP contribution in [0.1, 0.15) is 27.6 Å². The van der Waals surface area contributed by atoms with Crippen LogP contribution in [-0.4, -0.2) is 5.91 Å². The van der Waals surface area contributed by atoms with Crippen LogP contribution in [0, 0.1) is 6.92 Å². The van der Waals surface area contributed by atoms with Gasteiger partial charge in [0.1, 0.15) is 17.7 Å². The van der Waals surface area contributed by atoms with Gasteiger partial charge in [0.25, 0.3) is 5.91 Å². The minimum atomic E-state index is -0.165. The smallest absolute Gasteiger partial charge is 0.266 e. The molecule has 0 N–H and O–H groups in total. The third-order valence-corrected chi connectivity index (χ3v) is 7.30. The molecule has 0 bridgehead atoms. The van der Waals surface area contributed by atoms with Gasteiger partial charge in [-0.25, -0.2) is 0 Å². The zero-order valence-corrected chi connectivity index (χ0v) is 20.8. The summed E-state index contributed by atoms with van der Waals surface area (Å²) < 4.78 is 5.90. The molecule has 5 heteroatoms. The summed E-state index contributed by atoms with van der Waals surface area (Å²) >= 11 is 7.67. The highest BCUT2D eigenvalue weighted by molar-refractivity contribution is 8.05. The summed E-state index contributed by atoms with van der Waals surface area (Å²) in [4.78, 5) is 16.1. The molecule has 0 spiro atoms. The molecule has 3 nitrogen and oxygen atoms in total. The monoisotopic (exact) mass is 497 g/mol. The Kier molecular flexibility index (Phi) is 6.94. The summed E-state index contributed by atoms with van der Waals surface area (Å²) in [5.74, 6) is 0.782. The zero-order valence-electron chi connectivity index (χ0n) is 19.2. The van der Waals surface area contributed by atoms with Crippen LogP contribution in [0.25, 0.3) is 6.08 Å². The lowest BCUT2D eigenvalue weighted by atomic mass is 10.1. The van der Waals surface area contributed by atoms with Crippen LogP contribution in [0.5, 0.6) is 5.75 Å². The van der Waals surface area contributed by atoms with Crippen molar-refractivity contribution >= 4 is 41.0 Å². The second-order valence-corrected chi connectivity index (χ2v) is 9.94. The van der Waals surface area contributed by atoms with Crippen LogP contribution in [0.15, 0.2) is 108 Å². The largest absolute Gasteiger partial charge is 0.489 e. The summed E-state index contributed by atoms with van der Waals surface area (Å²) in [6, 6.07) is 33.7. The molecule has 0 radical (unpaired) electrons. The number of thioether (sulfide) groups is 1. The molecule has 5 rings (SSSR count). The average Bonchev–Trinajstić information content (AvgIpc) is 3.21. The molecule has 1 saturated heterocycles. The molecule has 0 unspecified atom stereocenters. The molecular formula is C30H24ClNO2S. The Hall–Kier alpha value is -3.47. The summed E-state index contributed by atoms with van der Waals surface area (Å²) in [6.07, 6.45) is 1.95. The number of ether oxygens (including phenoxy) is 1. The molecule has 174 valence electrons. The fourth-order valence-corrected chi connectivity index (χ4v) is 5.29. The van der Waals surface area contributed by atoms with Crippen LogP contribution < -0.4 is 9.64 Å². The van der Waals surface area contributed by atoms with Gasteiger partial charge in [-0.3, -0.25) is 9.69 Å². The maximum atomic E-state index is 13.6. The average molecular weight is 498 g/mol. The number of rotatable bonds is 6. The Balaban J connectivity index is 1.38. The molecule has 1 amide bonds. The first-order valence-corrected chi connectivity index (χ1v) is 12.6. The molecule has 1 heterocycles. The molecule has 1 fully saturated rings. The van der Waals surface area contributed by atoms with Crippen LogP contribution in [0.3, 0.4) is 0 Å². The molecule has 0 aliphatic carbocycles. The van der Waals surface area contributed by atoms with E-state index in [9.17, 15) is 4.79 Å². The first-order valence-electron chi connectivity index (χ1n) is 11.4. The van der Waals surface area contributed by atoms with Crippen molar-refractivity contribution in [3.8, 4) is 5.75 Å². The van der Waals surface area contributed by atoms with Crippen molar-refractivity contribution < 1.29 is 9.53 Å². The van der Waals surface area contributed by atoms with Crippen LogP contribution in [0.2, 0.25) is 5.02 Å². The number of hydrogen-bond donors (Lipinski definition) is 0. The molecular weight excluding hydrogens is 474 g/mol. The maximum Gasteiger partial charge on any atom is 0.266 e. The van der Waals surface area contributed by atoms with Crippen molar-refractivity contribution in [2.24, 2.45) is 0 Å². The second-order valence-electron chi connectivity index (χ2n) is 8.38. The van der Waals surface area contributed by atoms with Gasteiger partial charge in [-0.2, -0.15) is 0 Å². The summed E-state index contributed by atoms with van der Waals surface area (Å²) in [5, 5.41) is 0.512. The fraction of sp³-hybridized carbons (Fsp3) is 0.100. The van der Waals surface area contributed by atoms with E-state index in [1.54, 1.807) is 11.8 Å². The molecule has 1 aliphatic rings. The minimum Gasteiger partial charge on any atom is -0.489 e. The lowest BCUT2D eigenvalue weighted by Crippen LogP contribution is -2.27. The number of carbonyl (C=O) groups excluding carboxylic acids is 1. The van der Waals surface area contributed by atoms with E-state index in [1.807, 2.05) is 121 Å². The van der Waals surface area contributed by atoms with Crippen molar-refractivity contribution in [1.29, 1.82) is 0 Å². The number of nitrogens with zero attached hydrogens (tertiary/aromatic N) is 1. The van der Waals surface area contributed by atoms with E-state index in [2.05, 4.69) is 0 Å². The number of hydrogen-bond acceptors (Lipinski definition) is 3. The van der Waals surface area contributed by atoms with E-state index in [-0.39, 0.29) is 11.3 Å². The van der Waals surface area contributed by atoms with E-state index >= 15 is 0 Å². The Bertz CT molecular complexity index is 1330. The Morgan fingerprint density at radius 3 is 2.26 bits per heavy atom. The lowest BCUT2D eigenvalue weighted by Gasteiger charge is -2.24. The normalized spacial score (nSPS) is 16.6. The highest BCUT2D eigenvalue weighted by atomic mass is 35.5. The topological polar surface area (TPSA) is 29.5 Å². The summed E-state index contributed by atoms with van der Waals surface area (Å²) in [6.45, 7) is 2.56. The maximum absolute atomic E-state index is 13.6. The molecule has 4 aromatic carbocycles. The third kappa shape index (κ3) is 5.45. The van der Waals surface area contributed by atoms with E-state index in [4.69, 9.17) is 16.3 Å². The van der Waals surface area contributed by atoms with E-state index in [0.717, 1.165) is 33.7 Å². The van der Waals surface area contributed by atoms with Crippen molar-refractivity contribution in [3.63, 3.8) is 0 Å². The Morgan fingerprint density at radius 1 is 0.886 bits per heavy atom. The molecule has 0 aromatic heterocycles. The standard InChI is InChI=1S/C30H24ClNO2S/c1-21-7-15-26(16-8-21)32-29(33)28(35-30(32)24-11-13-25(31)14-12-24)19-22-9-17-27(18-10-22)34-20-23-5-3-2-4-6-23/h2-19,30H,20H2,1H3/b28-19+/t30-/m0/s1. The predicted octanol–water partition coefficient (Wildman–Crippen LogP) is 8.05. The summed E-state index contributed by atoms with van der Waals surface area (Å²) in [5.41, 5.74) is 5.13. The Labute approximate surface area is 215 Å². The first kappa shape index (κ1) is 23.3. The lowest BCUT2D eigenvalue weighted by molar-refractivity contribution is -0.114. The summed E-state index contributed by atoms with van der Waals surface area (Å²) in [7, 11) is 0. The van der Waals surface area contributed by atoms with Crippen LogP contribution in [0.4, 0.5) is 5.69 Å². The highest BCUT2D eigenvalue weighted by Crippen LogP contribution is 2.48. The van der Waals surface area contributed by atoms with Gasteiger partial charge in [0.15, 0.2) is 0 Å². The number of carbonyl (C=O) groups is 1. The van der Waals surface area contributed by atoms with E-state index in [1.165, 1.54) is 0 Å². The van der Waals surface area contributed by atoms with E-state index in [0.29, 0.717) is 16.5 Å². The molecule has 0 saturated carbocycles. The third-order valence-electron chi connectivity index (χ3n) is 5.80. The first-order chi connectivity index (χ1) is 17.1. The molecule has 4 aromatic rings. The minimum absolute atomic E-state index is 0.0109. The molecule has 1 aliphatic heterocycles. The molecule has 35 heavy (non-hydrogen) atoms. The predicted molar refractivity (Wildman–Crippen MR) is 146 cm³/mol. The quantitative estimate of drug-likeness (QED) is 0.252. The van der Waals surface area contributed by atoms with Gasteiger partial charge in [0.2, 0.25) is 0 Å². The van der Waals surface area contributed by atoms with Gasteiger partial charge in [0, 0.05) is 10.7 Å². The van der Waals surface area contributed by atoms with Crippen molar-refractivity contribution in [3.05, 3.63) is 135 Å². The number of anilines is 1. The van der Waals surface area contributed by atoms with Crippen molar-refractivity contribution in [2.75, 3.05) is 4.90 Å². The number of benzene rings is 4. The van der Waals surface area contributed by atoms with Gasteiger partial charge >= 0.3 is 0 Å². The number of halogens is 1. The second kappa shape index (κ2) is 10.4. The van der Waals surface area contributed by atoms with Crippen molar-refractivity contribution in [2.45, 2.75) is 18.9 Å². The fourth-order valence-electron chi connectivity index (χ4n) is 3.90. The van der Waals surface area contributed by atoms with E-state index < -0.39 is 0 Å². The van der Waals surface area contributed by atoms with Crippen molar-refractivity contribution in [1.82, 2.24) is 0 Å². The number of amides is 1. The van der Waals surface area contributed by atoms with Gasteiger partial charge in [-0.1, -0.05) is 95.7 Å². The molecule has 1 atom stereocenters. The Morgan fingerprint density at radius 2 is 1.57 bits per heavy atom. The van der Waals surface area contributed by atoms with Gasteiger partial charge in [0.05, 0.1) is 4.91 Å². The van der Waals surface area contributed by atoms with Gasteiger partial charge in [-0.05, 0) is 66.1 Å². The van der Waals surface area contributed by atoms with Gasteiger partial charge in [-0.15, -0.1) is 0 Å². The van der Waals surface area contributed by atoms with Crippen LogP contribution >= 0.6 is 23.4 Å². The zero-order chi connectivity index (χ0) is 24.2. The number of aryl methyl sites for hydroxylation is 1.